The smallest absolute Gasteiger partial charge is 0.123 e. The number of benzene rings is 1. The topological polar surface area (TPSA) is 21.3 Å². The van der Waals surface area contributed by atoms with E-state index in [-0.39, 0.29) is 5.82 Å². The van der Waals surface area contributed by atoms with E-state index in [9.17, 15) is 4.39 Å². The van der Waals surface area contributed by atoms with Gasteiger partial charge < -0.3 is 10.1 Å². The van der Waals surface area contributed by atoms with Crippen molar-refractivity contribution in [3.63, 3.8) is 0 Å². The van der Waals surface area contributed by atoms with E-state index in [1.807, 2.05) is 19.9 Å². The Hall–Kier alpha value is -1.19. The van der Waals surface area contributed by atoms with E-state index in [0.717, 1.165) is 29.8 Å². The fourth-order valence-corrected chi connectivity index (χ4v) is 1.47. The lowest BCUT2D eigenvalue weighted by molar-refractivity contribution is 0.157. The Morgan fingerprint density at radius 2 is 2.24 bits per heavy atom. The monoisotopic (exact) mass is 237 g/mol. The van der Waals surface area contributed by atoms with Crippen molar-refractivity contribution >= 4 is 0 Å². The number of ether oxygens (including phenoxy) is 1. The van der Waals surface area contributed by atoms with E-state index in [1.54, 1.807) is 6.07 Å². The van der Waals surface area contributed by atoms with Gasteiger partial charge in [-0.15, -0.1) is 0 Å². The van der Waals surface area contributed by atoms with Crippen LogP contribution in [0.15, 0.2) is 30.4 Å². The molecule has 3 heteroatoms. The Kier molecular flexibility index (Phi) is 5.87. The van der Waals surface area contributed by atoms with Crippen LogP contribution >= 0.6 is 0 Å². The largest absolute Gasteiger partial charge is 0.376 e. The van der Waals surface area contributed by atoms with Crippen LogP contribution in [0.5, 0.6) is 0 Å². The molecule has 1 aromatic carbocycles. The normalized spacial score (nSPS) is 10.5. The van der Waals surface area contributed by atoms with Crippen molar-refractivity contribution in [2.45, 2.75) is 20.4 Å². The van der Waals surface area contributed by atoms with Crippen LogP contribution in [0, 0.1) is 12.7 Å². The minimum absolute atomic E-state index is 0.184. The number of rotatable bonds is 7. The van der Waals surface area contributed by atoms with Crippen LogP contribution in [0.4, 0.5) is 4.39 Å². The molecule has 0 heterocycles. The minimum Gasteiger partial charge on any atom is -0.376 e. The van der Waals surface area contributed by atoms with Gasteiger partial charge in [0.15, 0.2) is 0 Å². The first-order chi connectivity index (χ1) is 8.09. The van der Waals surface area contributed by atoms with Gasteiger partial charge in [0, 0.05) is 13.1 Å². The van der Waals surface area contributed by atoms with Crippen LogP contribution in [0.1, 0.15) is 18.1 Å². The molecular weight excluding hydrogens is 217 g/mol. The average molecular weight is 237 g/mol. The van der Waals surface area contributed by atoms with Gasteiger partial charge in [-0.05, 0) is 37.1 Å². The highest BCUT2D eigenvalue weighted by Gasteiger charge is 1.99. The Morgan fingerprint density at radius 3 is 2.88 bits per heavy atom. The van der Waals surface area contributed by atoms with Crippen LogP contribution in [0.2, 0.25) is 0 Å². The Bertz CT molecular complexity index is 376. The highest BCUT2D eigenvalue weighted by atomic mass is 19.1. The molecule has 0 spiro atoms. The molecule has 0 radical (unpaired) electrons. The molecule has 0 saturated carbocycles. The van der Waals surface area contributed by atoms with Gasteiger partial charge in [0.05, 0.1) is 13.2 Å². The van der Waals surface area contributed by atoms with E-state index in [4.69, 9.17) is 4.74 Å². The third kappa shape index (κ3) is 5.61. The molecule has 0 aliphatic heterocycles. The van der Waals surface area contributed by atoms with Crippen molar-refractivity contribution in [2.24, 2.45) is 0 Å². The predicted molar refractivity (Wildman–Crippen MR) is 68.5 cm³/mol. The molecule has 1 rings (SSSR count). The van der Waals surface area contributed by atoms with Gasteiger partial charge in [-0.25, -0.2) is 4.39 Å². The summed E-state index contributed by atoms with van der Waals surface area (Å²) < 4.78 is 18.2. The molecule has 2 nitrogen and oxygen atoms in total. The maximum Gasteiger partial charge on any atom is 0.123 e. The lowest BCUT2D eigenvalue weighted by atomic mass is 10.1. The van der Waals surface area contributed by atoms with Crippen LogP contribution in [-0.4, -0.2) is 19.8 Å². The summed E-state index contributed by atoms with van der Waals surface area (Å²) in [7, 11) is 0. The second-order valence-electron chi connectivity index (χ2n) is 4.26. The van der Waals surface area contributed by atoms with E-state index < -0.39 is 0 Å². The Labute approximate surface area is 102 Å². The number of hydrogen-bond donors (Lipinski definition) is 1. The summed E-state index contributed by atoms with van der Waals surface area (Å²) in [6.45, 7) is 10.4. The first-order valence-electron chi connectivity index (χ1n) is 5.77. The van der Waals surface area contributed by atoms with Gasteiger partial charge in [-0.1, -0.05) is 18.2 Å². The minimum atomic E-state index is -0.184. The van der Waals surface area contributed by atoms with E-state index in [1.165, 1.54) is 6.07 Å². The molecule has 17 heavy (non-hydrogen) atoms. The molecule has 0 unspecified atom stereocenters. The Balaban J connectivity index is 2.20. The van der Waals surface area contributed by atoms with Gasteiger partial charge in [0.2, 0.25) is 0 Å². The maximum absolute atomic E-state index is 12.9. The van der Waals surface area contributed by atoms with Crippen molar-refractivity contribution in [1.29, 1.82) is 0 Å². The summed E-state index contributed by atoms with van der Waals surface area (Å²) in [5.41, 5.74) is 3.12. The van der Waals surface area contributed by atoms with E-state index in [0.29, 0.717) is 13.2 Å². The highest BCUT2D eigenvalue weighted by molar-refractivity contribution is 5.26. The first kappa shape index (κ1) is 13.9. The van der Waals surface area contributed by atoms with Crippen molar-refractivity contribution in [2.75, 3.05) is 19.8 Å². The second-order valence-corrected chi connectivity index (χ2v) is 4.26. The first-order valence-corrected chi connectivity index (χ1v) is 5.77. The third-order valence-electron chi connectivity index (χ3n) is 2.39. The molecule has 0 atom stereocenters. The molecule has 0 aromatic heterocycles. The molecule has 0 amide bonds. The number of aryl methyl sites for hydroxylation is 1. The van der Waals surface area contributed by atoms with Crippen LogP contribution < -0.4 is 5.32 Å². The molecule has 0 fully saturated rings. The van der Waals surface area contributed by atoms with Gasteiger partial charge in [-0.2, -0.15) is 0 Å². The van der Waals surface area contributed by atoms with Crippen molar-refractivity contribution in [3.8, 4) is 0 Å². The van der Waals surface area contributed by atoms with Crippen LogP contribution in [-0.2, 0) is 11.3 Å². The lowest BCUT2D eigenvalue weighted by Crippen LogP contribution is -2.20. The molecule has 94 valence electrons. The van der Waals surface area contributed by atoms with Crippen molar-refractivity contribution < 1.29 is 9.13 Å². The van der Waals surface area contributed by atoms with Gasteiger partial charge in [0.1, 0.15) is 5.82 Å². The molecule has 0 saturated heterocycles. The fourth-order valence-electron chi connectivity index (χ4n) is 1.47. The van der Waals surface area contributed by atoms with Gasteiger partial charge in [0.25, 0.3) is 0 Å². The highest BCUT2D eigenvalue weighted by Crippen LogP contribution is 2.09. The van der Waals surface area contributed by atoms with E-state index >= 15 is 0 Å². The standard InChI is InChI=1S/C14H20FNO/c1-11(2)10-17-7-6-16-9-13-4-5-14(15)8-12(13)3/h4-5,8,16H,1,6-7,9-10H2,2-3H3. The zero-order chi connectivity index (χ0) is 12.7. The Morgan fingerprint density at radius 1 is 1.47 bits per heavy atom. The molecule has 0 aliphatic rings. The maximum atomic E-state index is 12.9. The second kappa shape index (κ2) is 7.20. The third-order valence-corrected chi connectivity index (χ3v) is 2.39. The number of nitrogens with one attached hydrogen (secondary N) is 1. The molecule has 0 bridgehead atoms. The van der Waals surface area contributed by atoms with Crippen molar-refractivity contribution in [3.05, 3.63) is 47.3 Å². The summed E-state index contributed by atoms with van der Waals surface area (Å²) in [4.78, 5) is 0. The molecule has 0 aliphatic carbocycles. The van der Waals surface area contributed by atoms with Crippen LogP contribution in [0.25, 0.3) is 0 Å². The SMILES string of the molecule is C=C(C)COCCNCc1ccc(F)cc1C. The van der Waals surface area contributed by atoms with Gasteiger partial charge >= 0.3 is 0 Å². The predicted octanol–water partition coefficient (Wildman–Crippen LogP) is 2.82. The fraction of sp³-hybridized carbons (Fsp3) is 0.429. The molecule has 1 N–H and O–H groups in total. The quantitative estimate of drug-likeness (QED) is 0.581. The van der Waals surface area contributed by atoms with E-state index in [2.05, 4.69) is 11.9 Å². The lowest BCUT2D eigenvalue weighted by Gasteiger charge is -2.08. The average Bonchev–Trinajstić information content (AvgIpc) is 2.25. The summed E-state index contributed by atoms with van der Waals surface area (Å²) in [5.74, 6) is -0.184. The number of halogens is 1. The zero-order valence-electron chi connectivity index (χ0n) is 10.6. The zero-order valence-corrected chi connectivity index (χ0v) is 10.6. The van der Waals surface area contributed by atoms with Crippen molar-refractivity contribution in [1.82, 2.24) is 5.32 Å². The summed E-state index contributed by atoms with van der Waals surface area (Å²) >= 11 is 0. The summed E-state index contributed by atoms with van der Waals surface area (Å²) in [6.07, 6.45) is 0. The molecule has 1 aromatic rings. The summed E-state index contributed by atoms with van der Waals surface area (Å²) in [5, 5.41) is 3.26. The number of hydrogen-bond acceptors (Lipinski definition) is 2. The molecular formula is C14H20FNO. The van der Waals surface area contributed by atoms with Gasteiger partial charge in [-0.3, -0.25) is 0 Å². The summed E-state index contributed by atoms with van der Waals surface area (Å²) in [6, 6.07) is 4.85. The van der Waals surface area contributed by atoms with Crippen LogP contribution in [0.3, 0.4) is 0 Å².